The third-order valence-electron chi connectivity index (χ3n) is 7.12. The molecule has 4 heteroatoms. The highest BCUT2D eigenvalue weighted by atomic mass is 16.7. The zero-order chi connectivity index (χ0) is 10.6. The van der Waals surface area contributed by atoms with Crippen molar-refractivity contribution in [2.24, 2.45) is 47.3 Å². The Morgan fingerprint density at radius 1 is 1.12 bits per heavy atom. The number of aliphatic hydroxyl groups is 1. The van der Waals surface area contributed by atoms with Gasteiger partial charge in [0.25, 0.3) is 0 Å². The summed E-state index contributed by atoms with van der Waals surface area (Å²) in [4.78, 5) is 11.6. The van der Waals surface area contributed by atoms with E-state index in [0.717, 1.165) is 0 Å². The zero-order valence-electron chi connectivity index (χ0n) is 8.54. The van der Waals surface area contributed by atoms with Gasteiger partial charge in [-0.15, -0.1) is 0 Å². The first kappa shape index (κ1) is 7.67. The highest BCUT2D eigenvalue weighted by Gasteiger charge is 2.99. The second kappa shape index (κ2) is 1.58. The molecular weight excluding hydrogens is 208 g/mol. The smallest absolute Gasteiger partial charge is 0.336 e. The quantitative estimate of drug-likeness (QED) is 0.648. The third-order valence-corrected chi connectivity index (χ3v) is 7.12. The fourth-order valence-electron chi connectivity index (χ4n) is 7.40. The van der Waals surface area contributed by atoms with E-state index in [1.165, 1.54) is 6.42 Å². The van der Waals surface area contributed by atoms with Crippen LogP contribution in [0.25, 0.3) is 0 Å². The van der Waals surface area contributed by atoms with Crippen molar-refractivity contribution in [1.82, 2.24) is 0 Å². The molecule has 0 spiro atoms. The van der Waals surface area contributed by atoms with Crippen molar-refractivity contribution in [3.05, 3.63) is 0 Å². The second-order valence-electron chi connectivity index (χ2n) is 6.77. The predicted octanol–water partition coefficient (Wildman–Crippen LogP) is -0.0837. The first-order valence-electron chi connectivity index (χ1n) is 6.28. The van der Waals surface area contributed by atoms with Crippen LogP contribution >= 0.6 is 0 Å². The molecule has 0 aromatic heterocycles. The molecule has 4 nitrogen and oxygen atoms in total. The van der Waals surface area contributed by atoms with Gasteiger partial charge in [0, 0.05) is 23.7 Å². The van der Waals surface area contributed by atoms with Crippen LogP contribution in [-0.2, 0) is 9.53 Å². The van der Waals surface area contributed by atoms with E-state index in [1.54, 1.807) is 0 Å². The van der Waals surface area contributed by atoms with E-state index in [-0.39, 0.29) is 23.7 Å². The Balaban J connectivity index is 1.76. The first-order valence-corrected chi connectivity index (χ1v) is 6.28. The second-order valence-corrected chi connectivity index (χ2v) is 6.77. The number of hydrogen-bond acceptors (Lipinski definition) is 3. The fraction of sp³-hybridized carbons (Fsp3) is 0.917. The molecule has 0 aromatic rings. The summed E-state index contributed by atoms with van der Waals surface area (Å²) in [6.07, 6.45) is 1.17. The highest BCUT2D eigenvalue weighted by molar-refractivity contribution is 5.82. The zero-order valence-corrected chi connectivity index (χ0v) is 8.54. The largest absolute Gasteiger partial charge is 0.479 e. The Morgan fingerprint density at radius 2 is 1.81 bits per heavy atom. The highest BCUT2D eigenvalue weighted by Crippen LogP contribution is 2.92. The molecule has 5 aliphatic carbocycles. The van der Waals surface area contributed by atoms with Crippen molar-refractivity contribution < 1.29 is 19.7 Å². The average molecular weight is 220 g/mol. The van der Waals surface area contributed by atoms with Gasteiger partial charge in [-0.25, -0.2) is 4.79 Å². The van der Waals surface area contributed by atoms with E-state index < -0.39 is 17.4 Å². The number of carbonyl (C=O) groups is 1. The molecule has 84 valence electrons. The van der Waals surface area contributed by atoms with Crippen LogP contribution in [0.1, 0.15) is 6.42 Å². The lowest BCUT2D eigenvalue weighted by Crippen LogP contribution is -2.54. The molecule has 2 N–H and O–H groups in total. The van der Waals surface area contributed by atoms with Gasteiger partial charge in [-0.2, -0.15) is 0 Å². The fourth-order valence-corrected chi connectivity index (χ4v) is 7.40. The van der Waals surface area contributed by atoms with Crippen molar-refractivity contribution >= 4 is 5.97 Å². The molecule has 0 amide bonds. The van der Waals surface area contributed by atoms with Gasteiger partial charge < -0.3 is 14.9 Å². The van der Waals surface area contributed by atoms with Crippen molar-refractivity contribution in [2.45, 2.75) is 17.8 Å². The van der Waals surface area contributed by atoms with E-state index in [1.807, 2.05) is 0 Å². The van der Waals surface area contributed by atoms with Crippen LogP contribution in [0, 0.1) is 47.3 Å². The minimum atomic E-state index is -1.05. The summed E-state index contributed by atoms with van der Waals surface area (Å²) in [6.45, 7) is 0. The Labute approximate surface area is 91.6 Å². The summed E-state index contributed by atoms with van der Waals surface area (Å²) in [5.41, 5.74) is -0.985. The molecule has 2 saturated heterocycles. The number of hydrogen-bond donors (Lipinski definition) is 2. The molecule has 4 bridgehead atoms. The van der Waals surface area contributed by atoms with Gasteiger partial charge >= 0.3 is 5.97 Å². The van der Waals surface area contributed by atoms with Crippen LogP contribution in [-0.4, -0.2) is 27.6 Å². The van der Waals surface area contributed by atoms with Gasteiger partial charge in [0.1, 0.15) is 0 Å². The van der Waals surface area contributed by atoms with Crippen LogP contribution in [0.15, 0.2) is 0 Å². The Hall–Kier alpha value is -0.610. The van der Waals surface area contributed by atoms with E-state index in [4.69, 9.17) is 4.74 Å². The maximum absolute atomic E-state index is 11.6. The van der Waals surface area contributed by atoms with Crippen molar-refractivity contribution in [1.29, 1.82) is 0 Å². The summed E-state index contributed by atoms with van der Waals surface area (Å²) in [5, 5.41) is 20.2. The number of aliphatic carboxylic acids is 1. The summed E-state index contributed by atoms with van der Waals surface area (Å²) in [6, 6.07) is 0. The van der Waals surface area contributed by atoms with Crippen LogP contribution in [0.3, 0.4) is 0 Å². The van der Waals surface area contributed by atoms with Gasteiger partial charge in [0.05, 0.1) is 0 Å². The van der Waals surface area contributed by atoms with Gasteiger partial charge in [-0.05, 0) is 30.1 Å². The minimum Gasteiger partial charge on any atom is -0.479 e. The van der Waals surface area contributed by atoms with Crippen LogP contribution < -0.4 is 0 Å². The number of ether oxygens (including phenoxy) is 1. The molecule has 5 saturated carbocycles. The molecule has 7 aliphatic rings. The average Bonchev–Trinajstić information content (AvgIpc) is 2.74. The molecule has 10 atom stereocenters. The van der Waals surface area contributed by atoms with E-state index in [9.17, 15) is 15.0 Å². The maximum Gasteiger partial charge on any atom is 0.336 e. The van der Waals surface area contributed by atoms with E-state index in [2.05, 4.69) is 0 Å². The summed E-state index contributed by atoms with van der Waals surface area (Å²) in [7, 11) is 0. The third kappa shape index (κ3) is 0.362. The number of carboxylic acids is 1. The summed E-state index contributed by atoms with van der Waals surface area (Å²) >= 11 is 0. The molecule has 7 rings (SSSR count). The van der Waals surface area contributed by atoms with Gasteiger partial charge in [0.15, 0.2) is 11.4 Å². The van der Waals surface area contributed by atoms with Gasteiger partial charge in [-0.3, -0.25) is 0 Å². The lowest BCUT2D eigenvalue weighted by atomic mass is 9.56. The van der Waals surface area contributed by atoms with Crippen LogP contribution in [0.5, 0.6) is 0 Å². The SMILES string of the molecule is O=C(O)C12OC3(O)C4C5CC(C6C5C3C61)C42. The standard InChI is InChI=1S/C12H12O4/c13-10(14)11-6-2-1-3-5-4(2)8(11)9(5)12(15,16-11)7(3)6/h2-9,15H,1H2,(H,13,14). The Bertz CT molecular complexity index is 489. The lowest BCUT2D eigenvalue weighted by Gasteiger charge is -2.45. The maximum atomic E-state index is 11.6. The Morgan fingerprint density at radius 3 is 2.56 bits per heavy atom. The molecule has 2 aliphatic heterocycles. The normalized spacial score (nSPS) is 82.6. The topological polar surface area (TPSA) is 66.8 Å². The van der Waals surface area contributed by atoms with Gasteiger partial charge in [0.2, 0.25) is 0 Å². The lowest BCUT2D eigenvalue weighted by molar-refractivity contribution is -0.216. The van der Waals surface area contributed by atoms with Gasteiger partial charge in [-0.1, -0.05) is 0 Å². The summed E-state index contributed by atoms with van der Waals surface area (Å²) < 4.78 is 5.76. The molecule has 2 heterocycles. The first-order chi connectivity index (χ1) is 7.62. The molecule has 7 fully saturated rings. The number of rotatable bonds is 1. The Kier molecular flexibility index (Phi) is 0.758. The molecule has 10 unspecified atom stereocenters. The van der Waals surface area contributed by atoms with Crippen LogP contribution in [0.4, 0.5) is 0 Å². The van der Waals surface area contributed by atoms with Crippen molar-refractivity contribution in [3.63, 3.8) is 0 Å². The van der Waals surface area contributed by atoms with Crippen LogP contribution in [0.2, 0.25) is 0 Å². The minimum absolute atomic E-state index is 0.130. The summed E-state index contributed by atoms with van der Waals surface area (Å²) in [5.74, 6) is 1.02. The van der Waals surface area contributed by atoms with Crippen molar-refractivity contribution in [2.75, 3.05) is 0 Å². The molecule has 16 heavy (non-hydrogen) atoms. The van der Waals surface area contributed by atoms with E-state index >= 15 is 0 Å². The molecule has 0 aromatic carbocycles. The van der Waals surface area contributed by atoms with Crippen molar-refractivity contribution in [3.8, 4) is 0 Å². The van der Waals surface area contributed by atoms with E-state index in [0.29, 0.717) is 23.7 Å². The molecular formula is C12H12O4. The number of carboxylic acid groups (broad SMARTS) is 1. The monoisotopic (exact) mass is 220 g/mol. The predicted molar refractivity (Wildman–Crippen MR) is 48.9 cm³/mol. The molecule has 0 radical (unpaired) electrons.